The third-order valence-corrected chi connectivity index (χ3v) is 2.92. The number of rotatable bonds is 4. The van der Waals surface area contributed by atoms with Crippen molar-refractivity contribution < 1.29 is 14.3 Å². The zero-order chi connectivity index (χ0) is 12.4. The van der Waals surface area contributed by atoms with Crippen LogP contribution in [0.25, 0.3) is 0 Å². The number of nitrogens with zero attached hydrogens (tertiary/aromatic N) is 1. The molecule has 1 heterocycles. The Hall–Kier alpha value is -1.62. The number of halogens is 1. The fraction of sp³-hybridized carbons (Fsp3) is 0.333. The van der Waals surface area contributed by atoms with Crippen LogP contribution in [0.3, 0.4) is 0 Å². The summed E-state index contributed by atoms with van der Waals surface area (Å²) in [5, 5.41) is 8.79. The number of hydrogen-bond donors (Lipinski definition) is 2. The van der Waals surface area contributed by atoms with E-state index in [-0.39, 0.29) is 12.4 Å². The van der Waals surface area contributed by atoms with Gasteiger partial charge in [0, 0.05) is 31.7 Å². The molecule has 0 saturated heterocycles. The summed E-state index contributed by atoms with van der Waals surface area (Å²) in [5.74, 6) is -0.757. The van der Waals surface area contributed by atoms with Crippen molar-refractivity contribution in [2.75, 3.05) is 18.1 Å². The number of benzene rings is 1. The number of hydrogen-bond acceptors (Lipinski definition) is 3. The third kappa shape index (κ3) is 2.24. The molecule has 1 aliphatic rings. The standard InChI is InChI=1S/C12H14FN2O2/c13-9-2-3-10-8(6-9)7-11(12(14)17)15(10)4-1-5-16/h1-3,6,11,16H,4-5,7H2,(H2,14,17). The summed E-state index contributed by atoms with van der Waals surface area (Å²) in [5.41, 5.74) is 6.91. The van der Waals surface area contributed by atoms with Crippen LogP contribution < -0.4 is 10.6 Å². The first-order chi connectivity index (χ1) is 8.13. The van der Waals surface area contributed by atoms with E-state index in [2.05, 4.69) is 0 Å². The van der Waals surface area contributed by atoms with E-state index < -0.39 is 11.9 Å². The van der Waals surface area contributed by atoms with E-state index in [0.29, 0.717) is 13.0 Å². The minimum absolute atomic E-state index is 0.0709. The number of aliphatic hydroxyl groups is 1. The van der Waals surface area contributed by atoms with E-state index in [1.54, 1.807) is 17.4 Å². The summed E-state index contributed by atoms with van der Waals surface area (Å²) in [6.07, 6.45) is 2.05. The first-order valence-electron chi connectivity index (χ1n) is 5.40. The topological polar surface area (TPSA) is 66.6 Å². The number of carbonyl (C=O) groups is 1. The molecule has 0 spiro atoms. The van der Waals surface area contributed by atoms with Gasteiger partial charge in [-0.2, -0.15) is 0 Å². The predicted molar refractivity (Wildman–Crippen MR) is 61.8 cm³/mol. The predicted octanol–water partition coefficient (Wildman–Crippen LogP) is 0.239. The Balaban J connectivity index is 2.29. The van der Waals surface area contributed by atoms with Crippen LogP contribution in [0.1, 0.15) is 5.56 Å². The fourth-order valence-corrected chi connectivity index (χ4v) is 2.16. The third-order valence-electron chi connectivity index (χ3n) is 2.92. The van der Waals surface area contributed by atoms with E-state index in [4.69, 9.17) is 10.8 Å². The zero-order valence-electron chi connectivity index (χ0n) is 9.27. The number of nitrogens with two attached hydrogens (primary N) is 1. The van der Waals surface area contributed by atoms with Crippen molar-refractivity contribution >= 4 is 11.6 Å². The first-order valence-corrected chi connectivity index (χ1v) is 5.40. The van der Waals surface area contributed by atoms with Gasteiger partial charge in [-0.25, -0.2) is 4.39 Å². The summed E-state index contributed by atoms with van der Waals surface area (Å²) in [6.45, 7) is 0.348. The van der Waals surface area contributed by atoms with Gasteiger partial charge in [-0.1, -0.05) is 0 Å². The molecule has 1 amide bonds. The van der Waals surface area contributed by atoms with Gasteiger partial charge < -0.3 is 15.7 Å². The number of amides is 1. The SMILES string of the molecule is NC(=O)C1Cc2cc(F)ccc2N1C[CH]CO. The summed E-state index contributed by atoms with van der Waals surface area (Å²) in [4.78, 5) is 13.1. The number of fused-ring (bicyclic) bond motifs is 1. The van der Waals surface area contributed by atoms with Crippen LogP contribution in [-0.4, -0.2) is 30.2 Å². The monoisotopic (exact) mass is 237 g/mol. The molecule has 1 radical (unpaired) electrons. The molecule has 2 rings (SSSR count). The Labute approximate surface area is 98.8 Å². The molecule has 0 aromatic heterocycles. The second kappa shape index (κ2) is 4.71. The van der Waals surface area contributed by atoms with Crippen LogP contribution in [0.15, 0.2) is 18.2 Å². The molecule has 1 unspecified atom stereocenters. The van der Waals surface area contributed by atoms with Gasteiger partial charge in [-0.05, 0) is 23.8 Å². The summed E-state index contributed by atoms with van der Waals surface area (Å²) < 4.78 is 13.1. The highest BCUT2D eigenvalue weighted by Gasteiger charge is 2.32. The molecule has 1 aromatic carbocycles. The van der Waals surface area contributed by atoms with Gasteiger partial charge in [-0.3, -0.25) is 4.79 Å². The average Bonchev–Trinajstić information content (AvgIpc) is 2.64. The maximum atomic E-state index is 13.1. The summed E-state index contributed by atoms with van der Waals surface area (Å²) in [7, 11) is 0. The Morgan fingerprint density at radius 1 is 1.65 bits per heavy atom. The van der Waals surface area contributed by atoms with Crippen molar-refractivity contribution in [3.63, 3.8) is 0 Å². The van der Waals surface area contributed by atoms with Crippen LogP contribution in [0.5, 0.6) is 0 Å². The van der Waals surface area contributed by atoms with Crippen LogP contribution in [0, 0.1) is 12.2 Å². The fourth-order valence-electron chi connectivity index (χ4n) is 2.16. The van der Waals surface area contributed by atoms with Crippen molar-refractivity contribution in [2.45, 2.75) is 12.5 Å². The van der Waals surface area contributed by atoms with E-state index in [1.165, 1.54) is 12.1 Å². The van der Waals surface area contributed by atoms with Gasteiger partial charge in [-0.15, -0.1) is 0 Å². The van der Waals surface area contributed by atoms with Crippen molar-refractivity contribution in [3.8, 4) is 0 Å². The van der Waals surface area contributed by atoms with Crippen molar-refractivity contribution in [1.29, 1.82) is 0 Å². The Bertz CT molecular complexity index is 437. The number of carbonyl (C=O) groups excluding carboxylic acids is 1. The lowest BCUT2D eigenvalue weighted by Crippen LogP contribution is -2.43. The highest BCUT2D eigenvalue weighted by atomic mass is 19.1. The molecule has 4 nitrogen and oxygen atoms in total. The van der Waals surface area contributed by atoms with Crippen LogP contribution in [0.4, 0.5) is 10.1 Å². The normalized spacial score (nSPS) is 18.2. The highest BCUT2D eigenvalue weighted by molar-refractivity contribution is 5.87. The second-order valence-electron chi connectivity index (χ2n) is 4.02. The maximum Gasteiger partial charge on any atom is 0.240 e. The first kappa shape index (κ1) is 11.9. The average molecular weight is 237 g/mol. The minimum atomic E-state index is -0.463. The second-order valence-corrected chi connectivity index (χ2v) is 4.02. The molecule has 1 aromatic rings. The molecular formula is C12H14FN2O2. The largest absolute Gasteiger partial charge is 0.396 e. The Morgan fingerprint density at radius 2 is 2.41 bits per heavy atom. The van der Waals surface area contributed by atoms with E-state index in [0.717, 1.165) is 11.3 Å². The Kier molecular flexibility index (Phi) is 3.28. The number of primary amides is 1. The maximum absolute atomic E-state index is 13.1. The highest BCUT2D eigenvalue weighted by Crippen LogP contribution is 2.32. The van der Waals surface area contributed by atoms with Gasteiger partial charge in [0.1, 0.15) is 11.9 Å². The molecule has 1 atom stereocenters. The van der Waals surface area contributed by atoms with Crippen LogP contribution >= 0.6 is 0 Å². The molecule has 5 heteroatoms. The summed E-state index contributed by atoms with van der Waals surface area (Å²) in [6, 6.07) is 3.95. The molecule has 0 saturated carbocycles. The summed E-state index contributed by atoms with van der Waals surface area (Å²) >= 11 is 0. The smallest absolute Gasteiger partial charge is 0.240 e. The van der Waals surface area contributed by atoms with Crippen molar-refractivity contribution in [3.05, 3.63) is 36.0 Å². The number of anilines is 1. The van der Waals surface area contributed by atoms with E-state index in [1.807, 2.05) is 0 Å². The van der Waals surface area contributed by atoms with Gasteiger partial charge in [0.15, 0.2) is 0 Å². The van der Waals surface area contributed by atoms with Crippen LogP contribution in [-0.2, 0) is 11.2 Å². The molecule has 91 valence electrons. The van der Waals surface area contributed by atoms with Gasteiger partial charge in [0.25, 0.3) is 0 Å². The molecule has 0 fully saturated rings. The van der Waals surface area contributed by atoms with Crippen molar-refractivity contribution in [1.82, 2.24) is 0 Å². The lowest BCUT2D eigenvalue weighted by molar-refractivity contribution is -0.119. The molecular weight excluding hydrogens is 223 g/mol. The van der Waals surface area contributed by atoms with Crippen molar-refractivity contribution in [2.24, 2.45) is 5.73 Å². The molecule has 0 bridgehead atoms. The molecule has 1 aliphatic heterocycles. The van der Waals surface area contributed by atoms with E-state index >= 15 is 0 Å². The van der Waals surface area contributed by atoms with Crippen LogP contribution in [0.2, 0.25) is 0 Å². The van der Waals surface area contributed by atoms with Gasteiger partial charge >= 0.3 is 0 Å². The lowest BCUT2D eigenvalue weighted by atomic mass is 10.1. The van der Waals surface area contributed by atoms with E-state index in [9.17, 15) is 9.18 Å². The number of aliphatic hydroxyl groups excluding tert-OH is 1. The molecule has 3 N–H and O–H groups in total. The zero-order valence-corrected chi connectivity index (χ0v) is 9.27. The quantitative estimate of drug-likeness (QED) is 0.788. The minimum Gasteiger partial charge on any atom is -0.396 e. The molecule has 0 aliphatic carbocycles. The van der Waals surface area contributed by atoms with Gasteiger partial charge in [0.2, 0.25) is 5.91 Å². The molecule has 17 heavy (non-hydrogen) atoms. The Morgan fingerprint density at radius 3 is 3.06 bits per heavy atom. The lowest BCUT2D eigenvalue weighted by Gasteiger charge is -2.24. The van der Waals surface area contributed by atoms with Gasteiger partial charge in [0.05, 0.1) is 0 Å².